The molecule has 0 saturated heterocycles. The van der Waals surface area contributed by atoms with E-state index in [4.69, 9.17) is 11.6 Å². The standard InChI is InChI=1S/C27H27ClN2O3/c1-4-29(23-12-10-22(28)11-13-23)26-15-17(2)30(18(3)31)25-14-9-21(16-24(25)26)19-5-7-20(8-6-19)27(32)33/h5-14,16-17,26H,4,15H2,1-3H3,(H,32,33)/t17-,26+/m1/s1. The van der Waals surface area contributed by atoms with Crippen molar-refractivity contribution in [3.05, 3.63) is 82.9 Å². The summed E-state index contributed by atoms with van der Waals surface area (Å²) >= 11 is 6.12. The summed E-state index contributed by atoms with van der Waals surface area (Å²) in [6.45, 7) is 6.63. The Morgan fingerprint density at radius 2 is 1.67 bits per heavy atom. The van der Waals surface area contributed by atoms with Gasteiger partial charge < -0.3 is 14.9 Å². The number of aromatic carboxylic acids is 1. The maximum Gasteiger partial charge on any atom is 0.335 e. The lowest BCUT2D eigenvalue weighted by atomic mass is 9.87. The highest BCUT2D eigenvalue weighted by Gasteiger charge is 2.35. The molecule has 3 aromatic carbocycles. The molecule has 0 spiro atoms. The van der Waals surface area contributed by atoms with Gasteiger partial charge in [-0.05, 0) is 85.5 Å². The number of benzene rings is 3. The molecule has 4 rings (SSSR count). The second kappa shape index (κ2) is 9.28. The molecule has 0 radical (unpaired) electrons. The van der Waals surface area contributed by atoms with E-state index in [1.54, 1.807) is 19.1 Å². The predicted octanol–water partition coefficient (Wildman–Crippen LogP) is 6.42. The van der Waals surface area contributed by atoms with E-state index in [9.17, 15) is 14.7 Å². The van der Waals surface area contributed by atoms with Crippen LogP contribution in [0.1, 0.15) is 49.2 Å². The zero-order valence-electron chi connectivity index (χ0n) is 19.0. The maximum atomic E-state index is 12.5. The number of rotatable bonds is 5. The molecule has 1 heterocycles. The number of fused-ring (bicyclic) bond motifs is 1. The van der Waals surface area contributed by atoms with Crippen LogP contribution in [0.5, 0.6) is 0 Å². The summed E-state index contributed by atoms with van der Waals surface area (Å²) in [7, 11) is 0. The van der Waals surface area contributed by atoms with Crippen molar-refractivity contribution in [2.45, 2.75) is 39.3 Å². The first-order valence-electron chi connectivity index (χ1n) is 11.1. The number of carboxylic acid groups (broad SMARTS) is 1. The highest BCUT2D eigenvalue weighted by Crippen LogP contribution is 2.43. The summed E-state index contributed by atoms with van der Waals surface area (Å²) in [5.74, 6) is -0.921. The van der Waals surface area contributed by atoms with Crippen LogP contribution >= 0.6 is 11.6 Å². The van der Waals surface area contributed by atoms with Crippen LogP contribution < -0.4 is 9.80 Å². The minimum atomic E-state index is -0.945. The molecule has 0 aliphatic carbocycles. The van der Waals surface area contributed by atoms with Gasteiger partial charge >= 0.3 is 5.97 Å². The third kappa shape index (κ3) is 4.46. The first-order chi connectivity index (χ1) is 15.8. The fourth-order valence-corrected chi connectivity index (χ4v) is 4.94. The Morgan fingerprint density at radius 3 is 2.24 bits per heavy atom. The lowest BCUT2D eigenvalue weighted by Crippen LogP contribution is -2.45. The van der Waals surface area contributed by atoms with Crippen molar-refractivity contribution in [1.82, 2.24) is 0 Å². The van der Waals surface area contributed by atoms with E-state index in [1.807, 2.05) is 53.4 Å². The fraction of sp³-hybridized carbons (Fsp3) is 0.259. The molecule has 1 aliphatic heterocycles. The van der Waals surface area contributed by atoms with E-state index in [0.717, 1.165) is 41.0 Å². The average Bonchev–Trinajstić information content (AvgIpc) is 2.80. The molecule has 1 N–H and O–H groups in total. The number of carbonyl (C=O) groups excluding carboxylic acids is 1. The highest BCUT2D eigenvalue weighted by molar-refractivity contribution is 6.30. The molecule has 5 nitrogen and oxygen atoms in total. The van der Waals surface area contributed by atoms with Crippen molar-refractivity contribution < 1.29 is 14.7 Å². The van der Waals surface area contributed by atoms with Crippen LogP contribution in [-0.4, -0.2) is 29.6 Å². The Bertz CT molecular complexity index is 1170. The minimum Gasteiger partial charge on any atom is -0.478 e. The van der Waals surface area contributed by atoms with Crippen LogP contribution in [0.25, 0.3) is 11.1 Å². The first kappa shape index (κ1) is 22.9. The monoisotopic (exact) mass is 462 g/mol. The average molecular weight is 463 g/mol. The molecule has 3 aromatic rings. The molecule has 0 aromatic heterocycles. The second-order valence-electron chi connectivity index (χ2n) is 8.41. The molecule has 0 unspecified atom stereocenters. The zero-order valence-corrected chi connectivity index (χ0v) is 19.7. The summed E-state index contributed by atoms with van der Waals surface area (Å²) in [6.07, 6.45) is 0.796. The topological polar surface area (TPSA) is 60.9 Å². The number of nitrogens with zero attached hydrogens (tertiary/aromatic N) is 2. The molecule has 1 amide bonds. The Hall–Kier alpha value is -3.31. The number of anilines is 2. The van der Waals surface area contributed by atoms with Crippen LogP contribution in [0, 0.1) is 0 Å². The van der Waals surface area contributed by atoms with Gasteiger partial charge in [0.2, 0.25) is 5.91 Å². The third-order valence-electron chi connectivity index (χ3n) is 6.33. The molecule has 0 bridgehead atoms. The summed E-state index contributed by atoms with van der Waals surface area (Å²) in [4.78, 5) is 28.0. The van der Waals surface area contributed by atoms with E-state index in [2.05, 4.69) is 24.8 Å². The van der Waals surface area contributed by atoms with Gasteiger partial charge in [-0.1, -0.05) is 29.8 Å². The van der Waals surface area contributed by atoms with E-state index in [-0.39, 0.29) is 23.6 Å². The van der Waals surface area contributed by atoms with Gasteiger partial charge in [0.1, 0.15) is 0 Å². The van der Waals surface area contributed by atoms with Crippen molar-refractivity contribution in [2.24, 2.45) is 0 Å². The number of hydrogen-bond donors (Lipinski definition) is 1. The van der Waals surface area contributed by atoms with Crippen LogP contribution in [0.4, 0.5) is 11.4 Å². The van der Waals surface area contributed by atoms with Crippen LogP contribution in [0.15, 0.2) is 66.7 Å². The SMILES string of the molecule is CCN(c1ccc(Cl)cc1)[C@H]1C[C@@H](C)N(C(C)=O)c2ccc(-c3ccc(C(=O)O)cc3)cc21. The minimum absolute atomic E-state index is 0.0234. The zero-order chi connectivity index (χ0) is 23.7. The van der Waals surface area contributed by atoms with E-state index < -0.39 is 5.97 Å². The lowest BCUT2D eigenvalue weighted by Gasteiger charge is -2.44. The normalized spacial score (nSPS) is 17.4. The number of halogens is 1. The van der Waals surface area contributed by atoms with Crippen molar-refractivity contribution in [3.63, 3.8) is 0 Å². The molecule has 0 saturated carbocycles. The second-order valence-corrected chi connectivity index (χ2v) is 8.84. The first-order valence-corrected chi connectivity index (χ1v) is 11.5. The quantitative estimate of drug-likeness (QED) is 0.475. The van der Waals surface area contributed by atoms with Gasteiger partial charge in [0.05, 0.1) is 11.6 Å². The number of hydrogen-bond acceptors (Lipinski definition) is 3. The van der Waals surface area contributed by atoms with Crippen LogP contribution in [-0.2, 0) is 4.79 Å². The molecule has 1 aliphatic rings. The van der Waals surface area contributed by atoms with Gasteiger partial charge in [-0.15, -0.1) is 0 Å². The smallest absolute Gasteiger partial charge is 0.335 e. The molecular formula is C27H27ClN2O3. The maximum absolute atomic E-state index is 12.5. The number of carbonyl (C=O) groups is 2. The van der Waals surface area contributed by atoms with E-state index in [0.29, 0.717) is 5.02 Å². The van der Waals surface area contributed by atoms with Gasteiger partial charge in [-0.3, -0.25) is 4.79 Å². The number of carboxylic acids is 1. The van der Waals surface area contributed by atoms with Crippen molar-refractivity contribution >= 4 is 34.9 Å². The summed E-state index contributed by atoms with van der Waals surface area (Å²) in [5, 5.41) is 9.90. The van der Waals surface area contributed by atoms with Gasteiger partial charge in [-0.25, -0.2) is 4.79 Å². The van der Waals surface area contributed by atoms with Gasteiger partial charge in [0.25, 0.3) is 0 Å². The highest BCUT2D eigenvalue weighted by atomic mass is 35.5. The Labute approximate surface area is 199 Å². The van der Waals surface area contributed by atoms with E-state index in [1.165, 1.54) is 0 Å². The Balaban J connectivity index is 1.82. The Kier molecular flexibility index (Phi) is 6.43. The summed E-state index contributed by atoms with van der Waals surface area (Å²) in [5.41, 5.74) is 5.26. The molecule has 6 heteroatoms. The largest absolute Gasteiger partial charge is 0.478 e. The molecule has 2 atom stereocenters. The van der Waals surface area contributed by atoms with Gasteiger partial charge in [0.15, 0.2) is 0 Å². The van der Waals surface area contributed by atoms with E-state index >= 15 is 0 Å². The molecular weight excluding hydrogens is 436 g/mol. The van der Waals surface area contributed by atoms with Crippen molar-refractivity contribution in [1.29, 1.82) is 0 Å². The van der Waals surface area contributed by atoms with Crippen molar-refractivity contribution in [2.75, 3.05) is 16.3 Å². The third-order valence-corrected chi connectivity index (χ3v) is 6.58. The predicted molar refractivity (Wildman–Crippen MR) is 133 cm³/mol. The van der Waals surface area contributed by atoms with Gasteiger partial charge in [-0.2, -0.15) is 0 Å². The summed E-state index contributed by atoms with van der Waals surface area (Å²) in [6, 6.07) is 21.0. The molecule has 33 heavy (non-hydrogen) atoms. The molecule has 0 fully saturated rings. The summed E-state index contributed by atoms with van der Waals surface area (Å²) < 4.78 is 0. The fourth-order valence-electron chi connectivity index (χ4n) is 4.81. The van der Waals surface area contributed by atoms with Crippen LogP contribution in [0.3, 0.4) is 0 Å². The lowest BCUT2D eigenvalue weighted by molar-refractivity contribution is -0.117. The van der Waals surface area contributed by atoms with Crippen LogP contribution in [0.2, 0.25) is 5.02 Å². The number of amides is 1. The van der Waals surface area contributed by atoms with Gasteiger partial charge in [0, 0.05) is 35.9 Å². The molecule has 170 valence electrons. The Morgan fingerprint density at radius 1 is 1.03 bits per heavy atom. The van der Waals surface area contributed by atoms with Crippen molar-refractivity contribution in [3.8, 4) is 11.1 Å².